The van der Waals surface area contributed by atoms with Crippen molar-refractivity contribution >= 4 is 27.5 Å². The van der Waals surface area contributed by atoms with Gasteiger partial charge in [-0.25, -0.2) is 8.42 Å². The third-order valence-corrected chi connectivity index (χ3v) is 8.24. The van der Waals surface area contributed by atoms with E-state index in [1.165, 1.54) is 10.6 Å². The first-order chi connectivity index (χ1) is 17.6. The number of hydrogen-bond acceptors (Lipinski definition) is 4. The molecule has 2 aromatic carbocycles. The van der Waals surface area contributed by atoms with Crippen molar-refractivity contribution in [2.45, 2.75) is 84.3 Å². The quantitative estimate of drug-likeness (QED) is 0.433. The summed E-state index contributed by atoms with van der Waals surface area (Å²) in [4.78, 5) is 28.5. The van der Waals surface area contributed by atoms with Crippen molar-refractivity contribution in [3.8, 4) is 0 Å². The first kappa shape index (κ1) is 28.7. The monoisotopic (exact) mass is 527 g/mol. The Balaban J connectivity index is 1.76. The number of rotatable bonds is 12. The Morgan fingerprint density at radius 3 is 2.38 bits per heavy atom. The van der Waals surface area contributed by atoms with E-state index in [0.29, 0.717) is 25.1 Å². The SMILES string of the molecule is CC[C@@H](C(=O)NC1CCCC1)N(Cc1cccc(C)c1)C(=O)CCCN(c1ccccc1C)S(C)(=O)=O. The van der Waals surface area contributed by atoms with E-state index in [9.17, 15) is 18.0 Å². The summed E-state index contributed by atoms with van der Waals surface area (Å²) < 4.78 is 26.5. The van der Waals surface area contributed by atoms with E-state index in [4.69, 9.17) is 0 Å². The highest BCUT2D eigenvalue weighted by molar-refractivity contribution is 7.92. The van der Waals surface area contributed by atoms with Crippen LogP contribution in [0.5, 0.6) is 0 Å². The van der Waals surface area contributed by atoms with Gasteiger partial charge in [0.15, 0.2) is 0 Å². The van der Waals surface area contributed by atoms with Crippen molar-refractivity contribution in [2.24, 2.45) is 0 Å². The topological polar surface area (TPSA) is 86.8 Å². The minimum Gasteiger partial charge on any atom is -0.352 e. The summed E-state index contributed by atoms with van der Waals surface area (Å²) in [7, 11) is -3.52. The molecule has 2 amide bonds. The van der Waals surface area contributed by atoms with Crippen molar-refractivity contribution < 1.29 is 18.0 Å². The molecule has 1 saturated carbocycles. The summed E-state index contributed by atoms with van der Waals surface area (Å²) in [5, 5.41) is 3.16. The molecule has 37 heavy (non-hydrogen) atoms. The zero-order chi connectivity index (χ0) is 27.0. The summed E-state index contributed by atoms with van der Waals surface area (Å²) in [5.41, 5.74) is 3.54. The summed E-state index contributed by atoms with van der Waals surface area (Å²) in [6.45, 7) is 6.34. The van der Waals surface area contributed by atoms with Gasteiger partial charge in [-0.3, -0.25) is 13.9 Å². The molecule has 0 saturated heterocycles. The summed E-state index contributed by atoms with van der Waals surface area (Å²) in [6, 6.07) is 14.9. The van der Waals surface area contributed by atoms with Crippen molar-refractivity contribution in [2.75, 3.05) is 17.1 Å². The van der Waals surface area contributed by atoms with E-state index in [1.54, 1.807) is 11.0 Å². The van der Waals surface area contributed by atoms with Crippen LogP contribution in [0.25, 0.3) is 0 Å². The van der Waals surface area contributed by atoms with Gasteiger partial charge in [0.2, 0.25) is 21.8 Å². The van der Waals surface area contributed by atoms with E-state index >= 15 is 0 Å². The van der Waals surface area contributed by atoms with Gasteiger partial charge in [-0.05, 0) is 56.7 Å². The van der Waals surface area contributed by atoms with Crippen LogP contribution in [0.3, 0.4) is 0 Å². The lowest BCUT2D eigenvalue weighted by atomic mass is 10.1. The van der Waals surface area contributed by atoms with E-state index in [0.717, 1.165) is 42.4 Å². The summed E-state index contributed by atoms with van der Waals surface area (Å²) >= 11 is 0. The maximum absolute atomic E-state index is 13.6. The van der Waals surface area contributed by atoms with E-state index in [2.05, 4.69) is 5.32 Å². The average Bonchev–Trinajstić information content (AvgIpc) is 3.34. The second-order valence-corrected chi connectivity index (χ2v) is 12.1. The second kappa shape index (κ2) is 13.1. The zero-order valence-electron chi connectivity index (χ0n) is 22.6. The number of anilines is 1. The minimum absolute atomic E-state index is 0.104. The Morgan fingerprint density at radius 2 is 1.76 bits per heavy atom. The fraction of sp³-hybridized carbons (Fsp3) is 0.517. The van der Waals surface area contributed by atoms with Crippen molar-refractivity contribution in [3.63, 3.8) is 0 Å². The van der Waals surface area contributed by atoms with Gasteiger partial charge >= 0.3 is 0 Å². The molecule has 0 heterocycles. The molecule has 0 aromatic heterocycles. The standard InChI is InChI=1S/C29H41N3O4S/c1-5-26(29(34)30-25-15-7-8-16-25)31(21-24-14-10-12-22(2)20-24)28(33)18-11-19-32(37(4,35)36)27-17-9-6-13-23(27)3/h6,9-10,12-14,17,20,25-26H,5,7-8,11,15-16,18-19,21H2,1-4H3,(H,30,34)/t26-/m0/s1. The van der Waals surface area contributed by atoms with E-state index < -0.39 is 16.1 Å². The lowest BCUT2D eigenvalue weighted by molar-refractivity contribution is -0.141. The molecule has 1 aliphatic rings. The fourth-order valence-electron chi connectivity index (χ4n) is 5.12. The Morgan fingerprint density at radius 1 is 1.05 bits per heavy atom. The predicted octanol–water partition coefficient (Wildman–Crippen LogP) is 4.72. The highest BCUT2D eigenvalue weighted by atomic mass is 32.2. The van der Waals surface area contributed by atoms with Gasteiger partial charge in [0, 0.05) is 25.6 Å². The molecule has 0 unspecified atom stereocenters. The van der Waals surface area contributed by atoms with Gasteiger partial charge in [-0.1, -0.05) is 67.8 Å². The molecular weight excluding hydrogens is 486 g/mol. The molecule has 0 aliphatic heterocycles. The van der Waals surface area contributed by atoms with Crippen LogP contribution in [0, 0.1) is 13.8 Å². The normalized spacial score (nSPS) is 14.8. The molecule has 1 fully saturated rings. The van der Waals surface area contributed by atoms with Crippen LogP contribution in [0.2, 0.25) is 0 Å². The Hall–Kier alpha value is -2.87. The summed E-state index contributed by atoms with van der Waals surface area (Å²) in [6.07, 6.45) is 6.39. The first-order valence-electron chi connectivity index (χ1n) is 13.3. The van der Waals surface area contributed by atoms with Crippen molar-refractivity contribution in [1.29, 1.82) is 0 Å². The van der Waals surface area contributed by atoms with Crippen LogP contribution in [-0.4, -0.2) is 50.0 Å². The van der Waals surface area contributed by atoms with Crippen molar-refractivity contribution in [1.82, 2.24) is 10.2 Å². The number of para-hydroxylation sites is 1. The third kappa shape index (κ3) is 8.06. The predicted molar refractivity (Wildman–Crippen MR) is 149 cm³/mol. The number of nitrogens with zero attached hydrogens (tertiary/aromatic N) is 2. The molecule has 8 heteroatoms. The number of carbonyl (C=O) groups excluding carboxylic acids is 2. The Labute approximate surface area is 222 Å². The minimum atomic E-state index is -3.52. The van der Waals surface area contributed by atoms with Crippen LogP contribution in [0.15, 0.2) is 48.5 Å². The molecule has 1 atom stereocenters. The molecule has 2 aromatic rings. The third-order valence-electron chi connectivity index (χ3n) is 7.06. The molecular formula is C29H41N3O4S. The van der Waals surface area contributed by atoms with Gasteiger partial charge in [-0.15, -0.1) is 0 Å². The molecule has 7 nitrogen and oxygen atoms in total. The fourth-order valence-corrected chi connectivity index (χ4v) is 6.14. The Kier molecular flexibility index (Phi) is 10.1. The summed E-state index contributed by atoms with van der Waals surface area (Å²) in [5.74, 6) is -0.249. The van der Waals surface area contributed by atoms with Gasteiger partial charge in [-0.2, -0.15) is 0 Å². The van der Waals surface area contributed by atoms with Gasteiger partial charge in [0.05, 0.1) is 11.9 Å². The van der Waals surface area contributed by atoms with Gasteiger partial charge in [0.25, 0.3) is 0 Å². The molecule has 0 bridgehead atoms. The highest BCUT2D eigenvalue weighted by Crippen LogP contribution is 2.24. The number of benzene rings is 2. The largest absolute Gasteiger partial charge is 0.352 e. The van der Waals surface area contributed by atoms with Gasteiger partial charge < -0.3 is 10.2 Å². The van der Waals surface area contributed by atoms with Gasteiger partial charge in [0.1, 0.15) is 6.04 Å². The number of amides is 2. The number of hydrogen-bond donors (Lipinski definition) is 1. The number of aryl methyl sites for hydroxylation is 2. The maximum Gasteiger partial charge on any atom is 0.243 e. The lowest BCUT2D eigenvalue weighted by Gasteiger charge is -2.32. The van der Waals surface area contributed by atoms with Crippen LogP contribution in [0.4, 0.5) is 5.69 Å². The molecule has 202 valence electrons. The Bertz CT molecular complexity index is 1180. The van der Waals surface area contributed by atoms with E-state index in [-0.39, 0.29) is 30.8 Å². The molecule has 1 aliphatic carbocycles. The average molecular weight is 528 g/mol. The molecule has 1 N–H and O–H groups in total. The molecule has 0 spiro atoms. The second-order valence-electron chi connectivity index (χ2n) is 10.1. The van der Waals surface area contributed by atoms with Crippen LogP contribution < -0.4 is 9.62 Å². The van der Waals surface area contributed by atoms with Crippen LogP contribution in [0.1, 0.15) is 68.6 Å². The van der Waals surface area contributed by atoms with Crippen LogP contribution >= 0.6 is 0 Å². The first-order valence-corrected chi connectivity index (χ1v) is 15.1. The lowest BCUT2D eigenvalue weighted by Crippen LogP contribution is -2.51. The number of nitrogens with one attached hydrogen (secondary N) is 1. The number of carbonyl (C=O) groups is 2. The van der Waals surface area contributed by atoms with Crippen LogP contribution in [-0.2, 0) is 26.2 Å². The smallest absolute Gasteiger partial charge is 0.243 e. The zero-order valence-corrected chi connectivity index (χ0v) is 23.4. The molecule has 3 rings (SSSR count). The maximum atomic E-state index is 13.6. The van der Waals surface area contributed by atoms with E-state index in [1.807, 2.05) is 63.2 Å². The molecule has 0 radical (unpaired) electrons. The number of sulfonamides is 1. The van der Waals surface area contributed by atoms with Crippen molar-refractivity contribution in [3.05, 3.63) is 65.2 Å². The highest BCUT2D eigenvalue weighted by Gasteiger charge is 2.30.